The lowest BCUT2D eigenvalue weighted by molar-refractivity contribution is -0.144. The Kier molecular flexibility index (Phi) is 3.55. The minimum atomic E-state index is -1.17. The van der Waals surface area contributed by atoms with E-state index in [0.717, 1.165) is 18.4 Å². The summed E-state index contributed by atoms with van der Waals surface area (Å²) < 4.78 is 4.83. The fourth-order valence-electron chi connectivity index (χ4n) is 2.85. The molecule has 0 aliphatic heterocycles. The molecule has 1 N–H and O–H groups in total. The predicted molar refractivity (Wildman–Crippen MR) is 65.9 cm³/mol. The molecule has 4 heteroatoms. The van der Waals surface area contributed by atoms with Crippen molar-refractivity contribution in [3.8, 4) is 0 Å². The minimum absolute atomic E-state index is 0.147. The largest absolute Gasteiger partial charge is 0.477 e. The highest BCUT2D eigenvalue weighted by atomic mass is 16.5. The number of hydrogen-bond donors (Lipinski definition) is 1. The van der Waals surface area contributed by atoms with Crippen molar-refractivity contribution in [2.24, 2.45) is 11.8 Å². The van der Waals surface area contributed by atoms with E-state index in [9.17, 15) is 9.59 Å². The van der Waals surface area contributed by atoms with Crippen LogP contribution in [0.5, 0.6) is 0 Å². The van der Waals surface area contributed by atoms with E-state index >= 15 is 0 Å². The van der Waals surface area contributed by atoms with Gasteiger partial charge in [0, 0.05) is 5.92 Å². The zero-order valence-corrected chi connectivity index (χ0v) is 10.7. The number of rotatable bonds is 4. The summed E-state index contributed by atoms with van der Waals surface area (Å²) in [7, 11) is 0. The Balaban J connectivity index is 2.26. The molecule has 2 aliphatic rings. The highest BCUT2D eigenvalue weighted by Gasteiger charge is 2.43. The van der Waals surface area contributed by atoms with E-state index in [1.807, 2.05) is 0 Å². The SMILES string of the molecule is CCOC(=O)/C(C(=O)O)=C1\C[C@H]2CC(CC)=C[C@@H]12. The molecule has 4 nitrogen and oxygen atoms in total. The fraction of sp³-hybridized carbons (Fsp3) is 0.571. The van der Waals surface area contributed by atoms with Gasteiger partial charge in [-0.1, -0.05) is 18.6 Å². The van der Waals surface area contributed by atoms with Gasteiger partial charge in [-0.15, -0.1) is 0 Å². The van der Waals surface area contributed by atoms with Crippen LogP contribution in [-0.4, -0.2) is 23.7 Å². The molecule has 0 aromatic carbocycles. The first kappa shape index (κ1) is 12.9. The van der Waals surface area contributed by atoms with E-state index in [1.165, 1.54) is 5.57 Å². The molecule has 18 heavy (non-hydrogen) atoms. The molecule has 0 aromatic heterocycles. The standard InChI is InChI=1S/C14H18O4/c1-3-8-5-9-7-11(10(9)6-8)12(13(15)16)14(17)18-4-2/h6,9-10H,3-5,7H2,1-2H3,(H,15,16)/b12-11+/t9-,10-/m1/s1. The zero-order valence-electron chi connectivity index (χ0n) is 10.7. The van der Waals surface area contributed by atoms with Crippen molar-refractivity contribution in [3.63, 3.8) is 0 Å². The van der Waals surface area contributed by atoms with Crippen LogP contribution < -0.4 is 0 Å². The molecule has 0 spiro atoms. The van der Waals surface area contributed by atoms with Gasteiger partial charge in [0.2, 0.25) is 0 Å². The summed E-state index contributed by atoms with van der Waals surface area (Å²) in [6, 6.07) is 0. The summed E-state index contributed by atoms with van der Waals surface area (Å²) in [5.74, 6) is -1.22. The molecule has 0 aromatic rings. The second kappa shape index (κ2) is 4.96. The molecule has 0 unspecified atom stereocenters. The third kappa shape index (κ3) is 2.07. The number of hydrogen-bond acceptors (Lipinski definition) is 3. The lowest BCUT2D eigenvalue weighted by Gasteiger charge is -2.34. The van der Waals surface area contributed by atoms with Crippen LogP contribution in [0.25, 0.3) is 0 Å². The number of esters is 1. The number of carboxylic acid groups (broad SMARTS) is 1. The van der Waals surface area contributed by atoms with Gasteiger partial charge in [-0.3, -0.25) is 0 Å². The molecular formula is C14H18O4. The first-order chi connectivity index (χ1) is 8.58. The van der Waals surface area contributed by atoms with Gasteiger partial charge in [-0.05, 0) is 37.7 Å². The molecule has 2 rings (SSSR count). The maximum absolute atomic E-state index is 11.7. The van der Waals surface area contributed by atoms with Crippen LogP contribution in [-0.2, 0) is 14.3 Å². The van der Waals surface area contributed by atoms with Crippen LogP contribution in [0.3, 0.4) is 0 Å². The van der Waals surface area contributed by atoms with Crippen LogP contribution in [0.4, 0.5) is 0 Å². The molecule has 98 valence electrons. The molecule has 1 fully saturated rings. The maximum atomic E-state index is 11.7. The minimum Gasteiger partial charge on any atom is -0.477 e. The highest BCUT2D eigenvalue weighted by molar-refractivity contribution is 6.14. The Hall–Kier alpha value is -1.58. The van der Waals surface area contributed by atoms with E-state index in [0.29, 0.717) is 12.3 Å². The number of carboxylic acids is 1. The number of ether oxygens (including phenoxy) is 1. The molecule has 0 heterocycles. The first-order valence-electron chi connectivity index (χ1n) is 6.41. The van der Waals surface area contributed by atoms with Gasteiger partial charge in [0.25, 0.3) is 0 Å². The van der Waals surface area contributed by atoms with E-state index in [1.54, 1.807) is 6.92 Å². The molecule has 0 saturated heterocycles. The van der Waals surface area contributed by atoms with Crippen LogP contribution in [0.1, 0.15) is 33.1 Å². The zero-order chi connectivity index (χ0) is 13.3. The average Bonchev–Trinajstić information content (AvgIpc) is 2.62. The van der Waals surface area contributed by atoms with Crippen LogP contribution in [0.2, 0.25) is 0 Å². The molecule has 2 aliphatic carbocycles. The number of carbonyl (C=O) groups is 2. The van der Waals surface area contributed by atoms with Gasteiger partial charge in [-0.25, -0.2) is 9.59 Å². The number of carbonyl (C=O) groups excluding carboxylic acids is 1. The lowest BCUT2D eigenvalue weighted by Crippen LogP contribution is -2.30. The summed E-state index contributed by atoms with van der Waals surface area (Å²) in [6.45, 7) is 3.98. The topological polar surface area (TPSA) is 63.6 Å². The van der Waals surface area contributed by atoms with Gasteiger partial charge < -0.3 is 9.84 Å². The Morgan fingerprint density at radius 3 is 2.67 bits per heavy atom. The van der Waals surface area contributed by atoms with Gasteiger partial charge in [0.15, 0.2) is 0 Å². The maximum Gasteiger partial charge on any atom is 0.345 e. The molecular weight excluding hydrogens is 232 g/mol. The van der Waals surface area contributed by atoms with Gasteiger partial charge >= 0.3 is 11.9 Å². The van der Waals surface area contributed by atoms with Gasteiger partial charge in [0.1, 0.15) is 5.57 Å². The second-order valence-corrected chi connectivity index (χ2v) is 4.80. The van der Waals surface area contributed by atoms with Gasteiger partial charge in [0.05, 0.1) is 6.61 Å². The van der Waals surface area contributed by atoms with Crippen molar-refractivity contribution < 1.29 is 19.4 Å². The van der Waals surface area contributed by atoms with E-state index in [-0.39, 0.29) is 18.1 Å². The number of fused-ring (bicyclic) bond motifs is 1. The molecule has 2 atom stereocenters. The fourth-order valence-corrected chi connectivity index (χ4v) is 2.85. The molecule has 0 radical (unpaired) electrons. The van der Waals surface area contributed by atoms with Crippen molar-refractivity contribution in [3.05, 3.63) is 22.8 Å². The average molecular weight is 250 g/mol. The monoisotopic (exact) mass is 250 g/mol. The van der Waals surface area contributed by atoms with Crippen molar-refractivity contribution >= 4 is 11.9 Å². The quantitative estimate of drug-likeness (QED) is 0.273. The summed E-state index contributed by atoms with van der Waals surface area (Å²) in [4.78, 5) is 22.9. The van der Waals surface area contributed by atoms with Crippen molar-refractivity contribution in [1.29, 1.82) is 0 Å². The van der Waals surface area contributed by atoms with Crippen molar-refractivity contribution in [2.75, 3.05) is 6.61 Å². The van der Waals surface area contributed by atoms with Crippen LogP contribution in [0.15, 0.2) is 22.8 Å². The van der Waals surface area contributed by atoms with Crippen LogP contribution in [0, 0.1) is 11.8 Å². The Labute approximate surface area is 106 Å². The Bertz CT molecular complexity index is 445. The Morgan fingerprint density at radius 1 is 1.39 bits per heavy atom. The highest BCUT2D eigenvalue weighted by Crippen LogP contribution is 2.51. The first-order valence-corrected chi connectivity index (χ1v) is 6.41. The predicted octanol–water partition coefficient (Wildman–Crippen LogP) is 2.31. The van der Waals surface area contributed by atoms with E-state index in [2.05, 4.69) is 13.0 Å². The molecule has 0 bridgehead atoms. The summed E-state index contributed by atoms with van der Waals surface area (Å²) >= 11 is 0. The number of allylic oxidation sites excluding steroid dienone is 3. The van der Waals surface area contributed by atoms with Crippen molar-refractivity contribution in [1.82, 2.24) is 0 Å². The third-order valence-electron chi connectivity index (χ3n) is 3.80. The normalized spacial score (nSPS) is 28.0. The second-order valence-electron chi connectivity index (χ2n) is 4.80. The lowest BCUT2D eigenvalue weighted by atomic mass is 9.69. The summed E-state index contributed by atoms with van der Waals surface area (Å²) in [5, 5.41) is 9.17. The Morgan fingerprint density at radius 2 is 2.11 bits per heavy atom. The van der Waals surface area contributed by atoms with Gasteiger partial charge in [-0.2, -0.15) is 0 Å². The third-order valence-corrected chi connectivity index (χ3v) is 3.80. The van der Waals surface area contributed by atoms with Crippen molar-refractivity contribution in [2.45, 2.75) is 33.1 Å². The molecule has 0 amide bonds. The van der Waals surface area contributed by atoms with E-state index < -0.39 is 11.9 Å². The van der Waals surface area contributed by atoms with E-state index in [4.69, 9.17) is 9.84 Å². The van der Waals surface area contributed by atoms with Crippen LogP contribution >= 0.6 is 0 Å². The summed E-state index contributed by atoms with van der Waals surface area (Å²) in [5.41, 5.74) is 1.97. The molecule has 1 saturated carbocycles. The summed E-state index contributed by atoms with van der Waals surface area (Å²) in [6.07, 6.45) is 4.89. The number of aliphatic carboxylic acids is 1. The smallest absolute Gasteiger partial charge is 0.345 e.